The highest BCUT2D eigenvalue weighted by atomic mass is 19.4. The number of carbonyl (C=O) groups excluding carboxylic acids is 1. The quantitative estimate of drug-likeness (QED) is 0.599. The Bertz CT molecular complexity index is 1080. The van der Waals surface area contributed by atoms with Gasteiger partial charge >= 0.3 is 6.18 Å². The van der Waals surface area contributed by atoms with E-state index in [-0.39, 0.29) is 23.6 Å². The molecule has 2 fully saturated rings. The van der Waals surface area contributed by atoms with Gasteiger partial charge in [0.1, 0.15) is 11.9 Å². The molecule has 1 amide bonds. The van der Waals surface area contributed by atoms with E-state index in [1.165, 1.54) is 6.20 Å². The molecule has 2 atom stereocenters. The Morgan fingerprint density at radius 2 is 1.89 bits per heavy atom. The summed E-state index contributed by atoms with van der Waals surface area (Å²) in [5.74, 6) is 0.358. The summed E-state index contributed by atoms with van der Waals surface area (Å²) in [5.41, 5.74) is -0.128. The molecule has 190 valence electrons. The number of aromatic amines is 1. The lowest BCUT2D eigenvalue weighted by atomic mass is 10.0. The van der Waals surface area contributed by atoms with Crippen LogP contribution >= 0.6 is 0 Å². The van der Waals surface area contributed by atoms with Crippen molar-refractivity contribution in [2.45, 2.75) is 57.5 Å². The van der Waals surface area contributed by atoms with Crippen molar-refractivity contribution in [3.8, 4) is 0 Å². The zero-order valence-electron chi connectivity index (χ0n) is 19.5. The number of aromatic nitrogens is 4. The second-order valence-corrected chi connectivity index (χ2v) is 8.90. The highest BCUT2D eigenvalue weighted by Gasteiger charge is 2.38. The summed E-state index contributed by atoms with van der Waals surface area (Å²) in [5, 5.41) is 9.35. The van der Waals surface area contributed by atoms with Crippen LogP contribution in [0, 0.1) is 6.92 Å². The van der Waals surface area contributed by atoms with E-state index in [1.807, 2.05) is 16.7 Å². The van der Waals surface area contributed by atoms with E-state index < -0.39 is 18.0 Å². The van der Waals surface area contributed by atoms with Crippen LogP contribution in [0.15, 0.2) is 23.4 Å². The van der Waals surface area contributed by atoms with E-state index in [0.29, 0.717) is 62.6 Å². The zero-order valence-corrected chi connectivity index (χ0v) is 19.5. The molecule has 2 aliphatic heterocycles. The number of H-pyrrole nitrogens is 1. The molecule has 2 aliphatic rings. The first-order valence-electron chi connectivity index (χ1n) is 11.5. The molecule has 13 heteroatoms. The Morgan fingerprint density at radius 1 is 1.14 bits per heavy atom. The fraction of sp³-hybridized carbons (Fsp3) is 0.591. The molecule has 0 spiro atoms. The Morgan fingerprint density at radius 3 is 2.54 bits per heavy atom. The van der Waals surface area contributed by atoms with Crippen molar-refractivity contribution in [3.05, 3.63) is 40.2 Å². The normalized spacial score (nSPS) is 20.4. The van der Waals surface area contributed by atoms with Crippen molar-refractivity contribution < 1.29 is 22.7 Å². The number of rotatable bonds is 7. The van der Waals surface area contributed by atoms with Gasteiger partial charge in [0.05, 0.1) is 30.9 Å². The number of alkyl halides is 3. The van der Waals surface area contributed by atoms with E-state index in [0.717, 1.165) is 12.4 Å². The third-order valence-corrected chi connectivity index (χ3v) is 6.40. The first-order valence-corrected chi connectivity index (χ1v) is 11.5. The van der Waals surface area contributed by atoms with Crippen LogP contribution < -0.4 is 15.8 Å². The van der Waals surface area contributed by atoms with Gasteiger partial charge in [-0.1, -0.05) is 0 Å². The fourth-order valence-electron chi connectivity index (χ4n) is 4.40. The maximum absolute atomic E-state index is 12.9. The third-order valence-electron chi connectivity index (χ3n) is 6.40. The lowest BCUT2D eigenvalue weighted by Gasteiger charge is -2.37. The molecule has 2 aromatic rings. The molecule has 0 saturated carbocycles. The molecule has 0 radical (unpaired) electrons. The van der Waals surface area contributed by atoms with E-state index in [2.05, 4.69) is 25.5 Å². The van der Waals surface area contributed by atoms with Gasteiger partial charge in [0.15, 0.2) is 5.69 Å². The van der Waals surface area contributed by atoms with Crippen LogP contribution in [0.4, 0.5) is 24.7 Å². The second-order valence-electron chi connectivity index (χ2n) is 8.90. The predicted molar refractivity (Wildman–Crippen MR) is 121 cm³/mol. The Hall–Kier alpha value is -3.22. The SMILES string of the molecule is Cc1c(N[C@@H](C)CO[C@@H]2CCN(C3CCN(c4cnc(C(F)(F)F)cn4)CC3)C2=O)cn[nH]c1=O. The molecule has 2 aromatic heterocycles. The number of likely N-dealkylation sites (tertiary alicyclic amines) is 1. The van der Waals surface area contributed by atoms with Crippen LogP contribution in [0.25, 0.3) is 0 Å². The summed E-state index contributed by atoms with van der Waals surface area (Å²) in [4.78, 5) is 35.7. The Balaban J connectivity index is 1.24. The highest BCUT2D eigenvalue weighted by Crippen LogP contribution is 2.29. The van der Waals surface area contributed by atoms with Crippen LogP contribution in [0.2, 0.25) is 0 Å². The number of halogens is 3. The number of carbonyl (C=O) groups is 1. The Labute approximate surface area is 199 Å². The lowest BCUT2D eigenvalue weighted by Crippen LogP contribution is -2.47. The molecule has 0 unspecified atom stereocenters. The Kier molecular flexibility index (Phi) is 7.24. The number of hydrogen-bond acceptors (Lipinski definition) is 8. The van der Waals surface area contributed by atoms with E-state index in [9.17, 15) is 22.8 Å². The van der Waals surface area contributed by atoms with E-state index in [1.54, 1.807) is 6.92 Å². The molecule has 0 aromatic carbocycles. The molecule has 35 heavy (non-hydrogen) atoms. The van der Waals surface area contributed by atoms with Gasteiger partial charge in [-0.3, -0.25) is 9.59 Å². The van der Waals surface area contributed by atoms with Crippen LogP contribution in [0.5, 0.6) is 0 Å². The van der Waals surface area contributed by atoms with Crippen LogP contribution in [0.3, 0.4) is 0 Å². The largest absolute Gasteiger partial charge is 0.434 e. The third kappa shape index (κ3) is 5.72. The molecule has 0 bridgehead atoms. The van der Waals surface area contributed by atoms with Gasteiger partial charge in [-0.15, -0.1) is 0 Å². The minimum absolute atomic E-state index is 0.0426. The van der Waals surface area contributed by atoms with Crippen molar-refractivity contribution in [1.29, 1.82) is 0 Å². The predicted octanol–water partition coefficient (Wildman–Crippen LogP) is 1.97. The molecule has 10 nitrogen and oxygen atoms in total. The number of hydrogen-bond donors (Lipinski definition) is 2. The summed E-state index contributed by atoms with van der Waals surface area (Å²) < 4.78 is 44.0. The van der Waals surface area contributed by atoms with Crippen molar-refractivity contribution in [1.82, 2.24) is 25.1 Å². The van der Waals surface area contributed by atoms with Crippen molar-refractivity contribution in [2.24, 2.45) is 0 Å². The van der Waals surface area contributed by atoms with Crippen molar-refractivity contribution in [3.63, 3.8) is 0 Å². The van der Waals surface area contributed by atoms with Gasteiger partial charge in [-0.2, -0.15) is 18.3 Å². The number of anilines is 2. The number of nitrogens with zero attached hydrogens (tertiary/aromatic N) is 5. The second kappa shape index (κ2) is 10.2. The average molecular weight is 496 g/mol. The average Bonchev–Trinajstić information content (AvgIpc) is 3.20. The van der Waals surface area contributed by atoms with Crippen LogP contribution in [-0.4, -0.2) is 75.4 Å². The minimum atomic E-state index is -4.52. The van der Waals surface area contributed by atoms with Crippen LogP contribution in [0.1, 0.15) is 37.4 Å². The monoisotopic (exact) mass is 495 g/mol. The summed E-state index contributed by atoms with van der Waals surface area (Å²) in [6.45, 7) is 5.64. The minimum Gasteiger partial charge on any atom is -0.379 e. The fourth-order valence-corrected chi connectivity index (χ4v) is 4.40. The van der Waals surface area contributed by atoms with Gasteiger partial charge < -0.3 is 19.9 Å². The molecular formula is C22H28F3N7O3. The summed E-state index contributed by atoms with van der Waals surface area (Å²) >= 11 is 0. The lowest BCUT2D eigenvalue weighted by molar-refractivity contribution is -0.141. The maximum Gasteiger partial charge on any atom is 0.434 e. The van der Waals surface area contributed by atoms with Gasteiger partial charge in [0.25, 0.3) is 11.5 Å². The first kappa shape index (κ1) is 24.9. The standard InChI is InChI=1S/C22H28F3N7O3/c1-13(29-16-9-28-30-20(33)14(16)2)12-35-17-5-8-32(21(17)34)15-3-6-31(7-4-15)19-11-26-18(10-27-19)22(23,24)25/h9-11,13,15,17H,3-8,12H2,1-2H3,(H2,29,30,33)/t13-,17+/m0/s1. The molecular weight excluding hydrogens is 467 g/mol. The van der Waals surface area contributed by atoms with E-state index in [4.69, 9.17) is 4.74 Å². The van der Waals surface area contributed by atoms with Crippen LogP contribution in [-0.2, 0) is 15.7 Å². The summed E-state index contributed by atoms with van der Waals surface area (Å²) in [6.07, 6.45) is 0.375. The number of ether oxygens (including phenoxy) is 1. The zero-order chi connectivity index (χ0) is 25.2. The first-order chi connectivity index (χ1) is 16.6. The van der Waals surface area contributed by atoms with Crippen molar-refractivity contribution >= 4 is 17.4 Å². The number of piperidine rings is 1. The van der Waals surface area contributed by atoms with Gasteiger partial charge in [0, 0.05) is 43.7 Å². The molecule has 2 saturated heterocycles. The maximum atomic E-state index is 12.9. The van der Waals surface area contributed by atoms with Crippen molar-refractivity contribution in [2.75, 3.05) is 36.5 Å². The molecule has 4 heterocycles. The van der Waals surface area contributed by atoms with E-state index >= 15 is 0 Å². The topological polar surface area (TPSA) is 116 Å². The summed E-state index contributed by atoms with van der Waals surface area (Å²) in [7, 11) is 0. The number of nitrogens with one attached hydrogen (secondary N) is 2. The van der Waals surface area contributed by atoms with Gasteiger partial charge in [-0.05, 0) is 26.7 Å². The molecule has 4 rings (SSSR count). The molecule has 0 aliphatic carbocycles. The van der Waals surface area contributed by atoms with Gasteiger partial charge in [0.2, 0.25) is 0 Å². The summed E-state index contributed by atoms with van der Waals surface area (Å²) in [6, 6.07) is -0.0812. The molecule has 2 N–H and O–H groups in total. The highest BCUT2D eigenvalue weighted by molar-refractivity contribution is 5.83. The smallest absolute Gasteiger partial charge is 0.379 e. The van der Waals surface area contributed by atoms with Gasteiger partial charge in [-0.25, -0.2) is 15.1 Å². The number of amides is 1.